The van der Waals surface area contributed by atoms with Gasteiger partial charge in [0.05, 0.1) is 11.1 Å². The van der Waals surface area contributed by atoms with Crippen LogP contribution in [0.5, 0.6) is 0 Å². The highest BCUT2D eigenvalue weighted by Gasteiger charge is 2.34. The molecule has 6 heteroatoms. The van der Waals surface area contributed by atoms with Gasteiger partial charge in [0.15, 0.2) is 0 Å². The fourth-order valence-corrected chi connectivity index (χ4v) is 3.48. The van der Waals surface area contributed by atoms with E-state index < -0.39 is 0 Å². The van der Waals surface area contributed by atoms with E-state index in [1.807, 2.05) is 18.2 Å². The van der Waals surface area contributed by atoms with Crippen LogP contribution in [-0.2, 0) is 11.3 Å². The number of imide groups is 1. The van der Waals surface area contributed by atoms with Crippen molar-refractivity contribution >= 4 is 29.3 Å². The van der Waals surface area contributed by atoms with E-state index in [0.717, 1.165) is 31.2 Å². The lowest BCUT2D eigenvalue weighted by molar-refractivity contribution is -0.121. The third-order valence-electron chi connectivity index (χ3n) is 4.85. The first-order chi connectivity index (χ1) is 13.6. The van der Waals surface area contributed by atoms with Crippen LogP contribution in [0.4, 0.5) is 0 Å². The van der Waals surface area contributed by atoms with Gasteiger partial charge in [-0.2, -0.15) is 0 Å². The zero-order valence-corrected chi connectivity index (χ0v) is 16.4. The van der Waals surface area contributed by atoms with Crippen molar-refractivity contribution in [1.82, 2.24) is 10.2 Å². The van der Waals surface area contributed by atoms with E-state index in [1.54, 1.807) is 30.3 Å². The van der Waals surface area contributed by atoms with Crippen LogP contribution in [0.2, 0.25) is 5.02 Å². The molecule has 1 N–H and O–H groups in total. The van der Waals surface area contributed by atoms with Crippen molar-refractivity contribution < 1.29 is 14.4 Å². The standard InChI is InChI=1S/C22H23ClN2O3/c23-19-12-7-4-9-16(19)15-24-20(26)13-3-1-2-8-14-25-21(27)17-10-5-6-11-18(17)22(25)28/h4-7,9-12H,1-3,8,13-15H2,(H,24,26). The van der Waals surface area contributed by atoms with Crippen LogP contribution >= 0.6 is 11.6 Å². The van der Waals surface area contributed by atoms with Gasteiger partial charge in [-0.05, 0) is 36.6 Å². The van der Waals surface area contributed by atoms with Crippen LogP contribution < -0.4 is 5.32 Å². The van der Waals surface area contributed by atoms with Gasteiger partial charge in [-0.15, -0.1) is 0 Å². The monoisotopic (exact) mass is 398 g/mol. The molecule has 0 aliphatic carbocycles. The maximum absolute atomic E-state index is 12.3. The molecule has 146 valence electrons. The number of hydrogen-bond donors (Lipinski definition) is 1. The summed E-state index contributed by atoms with van der Waals surface area (Å²) in [6.07, 6.45) is 3.72. The highest BCUT2D eigenvalue weighted by molar-refractivity contribution is 6.31. The van der Waals surface area contributed by atoms with Gasteiger partial charge in [0.1, 0.15) is 0 Å². The Morgan fingerprint density at radius 2 is 1.46 bits per heavy atom. The highest BCUT2D eigenvalue weighted by atomic mass is 35.5. The first-order valence-corrected chi connectivity index (χ1v) is 9.91. The first kappa shape index (κ1) is 20.1. The number of amides is 3. The van der Waals surface area contributed by atoms with Crippen molar-refractivity contribution in [3.05, 3.63) is 70.2 Å². The number of unbranched alkanes of at least 4 members (excludes halogenated alkanes) is 3. The third-order valence-corrected chi connectivity index (χ3v) is 5.22. The van der Waals surface area contributed by atoms with Gasteiger partial charge in [0, 0.05) is 24.5 Å². The van der Waals surface area contributed by atoms with E-state index in [2.05, 4.69) is 5.32 Å². The third kappa shape index (κ3) is 4.78. The van der Waals surface area contributed by atoms with Crippen molar-refractivity contribution in [2.75, 3.05) is 6.54 Å². The van der Waals surface area contributed by atoms with Crippen molar-refractivity contribution in [2.45, 2.75) is 38.6 Å². The van der Waals surface area contributed by atoms with Crippen LogP contribution in [0.15, 0.2) is 48.5 Å². The topological polar surface area (TPSA) is 66.5 Å². The van der Waals surface area contributed by atoms with Gasteiger partial charge in [0.25, 0.3) is 11.8 Å². The lowest BCUT2D eigenvalue weighted by Gasteiger charge is -2.13. The Balaban J connectivity index is 1.30. The largest absolute Gasteiger partial charge is 0.352 e. The number of nitrogens with one attached hydrogen (secondary N) is 1. The van der Waals surface area contributed by atoms with E-state index in [4.69, 9.17) is 11.6 Å². The van der Waals surface area contributed by atoms with E-state index in [-0.39, 0.29) is 17.7 Å². The number of fused-ring (bicyclic) bond motifs is 1. The summed E-state index contributed by atoms with van der Waals surface area (Å²) >= 11 is 6.07. The number of nitrogens with zero attached hydrogens (tertiary/aromatic N) is 1. The molecule has 0 radical (unpaired) electrons. The second kappa shape index (κ2) is 9.51. The summed E-state index contributed by atoms with van der Waals surface area (Å²) in [5.74, 6) is -0.417. The van der Waals surface area contributed by atoms with Crippen molar-refractivity contribution in [2.24, 2.45) is 0 Å². The van der Waals surface area contributed by atoms with Crippen molar-refractivity contribution in [1.29, 1.82) is 0 Å². The summed E-state index contributed by atoms with van der Waals surface area (Å²) in [5.41, 5.74) is 1.88. The normalized spacial score (nSPS) is 13.0. The van der Waals surface area contributed by atoms with Gasteiger partial charge in [-0.1, -0.05) is 54.8 Å². The second-order valence-electron chi connectivity index (χ2n) is 6.84. The molecule has 0 aromatic heterocycles. The maximum atomic E-state index is 12.3. The number of halogens is 1. The number of benzene rings is 2. The fourth-order valence-electron chi connectivity index (χ4n) is 3.28. The molecule has 0 saturated carbocycles. The molecule has 1 aliphatic heterocycles. The summed E-state index contributed by atoms with van der Waals surface area (Å²) in [5, 5.41) is 3.53. The Kier molecular flexibility index (Phi) is 6.82. The predicted molar refractivity (Wildman–Crippen MR) is 108 cm³/mol. The Morgan fingerprint density at radius 1 is 0.857 bits per heavy atom. The van der Waals surface area contributed by atoms with Gasteiger partial charge >= 0.3 is 0 Å². The Morgan fingerprint density at radius 3 is 2.14 bits per heavy atom. The molecule has 0 fully saturated rings. The summed E-state index contributed by atoms with van der Waals surface area (Å²) in [6, 6.07) is 14.4. The van der Waals surface area contributed by atoms with E-state index in [1.165, 1.54) is 4.90 Å². The smallest absolute Gasteiger partial charge is 0.261 e. The van der Waals surface area contributed by atoms with Crippen LogP contribution in [0.25, 0.3) is 0 Å². The SMILES string of the molecule is O=C(CCCCCCN1C(=O)c2ccccc2C1=O)NCc1ccccc1Cl. The molecule has 1 aliphatic rings. The molecule has 2 aromatic rings. The van der Waals surface area contributed by atoms with E-state index in [0.29, 0.717) is 35.7 Å². The molecule has 3 amide bonds. The summed E-state index contributed by atoms with van der Waals surface area (Å²) in [7, 11) is 0. The minimum absolute atomic E-state index is 0.000248. The molecule has 0 spiro atoms. The van der Waals surface area contributed by atoms with E-state index in [9.17, 15) is 14.4 Å². The second-order valence-corrected chi connectivity index (χ2v) is 7.25. The maximum Gasteiger partial charge on any atom is 0.261 e. The molecule has 1 heterocycles. The van der Waals surface area contributed by atoms with E-state index >= 15 is 0 Å². The predicted octanol–water partition coefficient (Wildman–Crippen LogP) is 4.20. The summed E-state index contributed by atoms with van der Waals surface area (Å²) in [4.78, 5) is 37.8. The van der Waals surface area contributed by atoms with Crippen LogP contribution in [0.1, 0.15) is 58.4 Å². The first-order valence-electron chi connectivity index (χ1n) is 9.53. The Hall–Kier alpha value is -2.66. The zero-order valence-electron chi connectivity index (χ0n) is 15.6. The molecule has 0 atom stereocenters. The number of hydrogen-bond acceptors (Lipinski definition) is 3. The van der Waals surface area contributed by atoms with Gasteiger partial charge in [0.2, 0.25) is 5.91 Å². The Labute approximate surface area is 169 Å². The van der Waals surface area contributed by atoms with Crippen molar-refractivity contribution in [3.8, 4) is 0 Å². The summed E-state index contributed by atoms with van der Waals surface area (Å²) < 4.78 is 0. The molecule has 5 nitrogen and oxygen atoms in total. The van der Waals surface area contributed by atoms with Gasteiger partial charge in [-0.25, -0.2) is 0 Å². The van der Waals surface area contributed by atoms with Crippen LogP contribution in [-0.4, -0.2) is 29.2 Å². The van der Waals surface area contributed by atoms with Crippen molar-refractivity contribution in [3.63, 3.8) is 0 Å². The number of rotatable bonds is 9. The van der Waals surface area contributed by atoms with Gasteiger partial charge < -0.3 is 5.32 Å². The Bertz CT molecular complexity index is 847. The number of carbonyl (C=O) groups is 3. The average Bonchev–Trinajstić information content (AvgIpc) is 2.95. The lowest BCUT2D eigenvalue weighted by atomic mass is 10.1. The molecule has 0 saturated heterocycles. The molecule has 0 unspecified atom stereocenters. The van der Waals surface area contributed by atoms with Crippen LogP contribution in [0, 0.1) is 0 Å². The quantitative estimate of drug-likeness (QED) is 0.508. The fraction of sp³-hybridized carbons (Fsp3) is 0.318. The average molecular weight is 399 g/mol. The molecule has 2 aromatic carbocycles. The highest BCUT2D eigenvalue weighted by Crippen LogP contribution is 2.23. The molecular formula is C22H23ClN2O3. The van der Waals surface area contributed by atoms with Crippen LogP contribution in [0.3, 0.4) is 0 Å². The minimum Gasteiger partial charge on any atom is -0.352 e. The minimum atomic E-state index is -0.209. The molecule has 3 rings (SSSR count). The zero-order chi connectivity index (χ0) is 19.9. The molecule has 0 bridgehead atoms. The van der Waals surface area contributed by atoms with Gasteiger partial charge in [-0.3, -0.25) is 19.3 Å². The molecular weight excluding hydrogens is 376 g/mol. The molecule has 28 heavy (non-hydrogen) atoms. The number of carbonyl (C=O) groups excluding carboxylic acids is 3. The summed E-state index contributed by atoms with van der Waals surface area (Å²) in [6.45, 7) is 0.850. The lowest BCUT2D eigenvalue weighted by Crippen LogP contribution is -2.30.